The Labute approximate surface area is 168 Å². The largest absolute Gasteiger partial charge is 0.337 e. The number of carbonyl (C=O) groups excluding carboxylic acids is 1. The monoisotopic (exact) mass is 393 g/mol. The van der Waals surface area contributed by atoms with E-state index in [1.165, 1.54) is 22.6 Å². The molecule has 2 aliphatic heterocycles. The van der Waals surface area contributed by atoms with Crippen LogP contribution in [0.4, 0.5) is 0 Å². The predicted molar refractivity (Wildman–Crippen MR) is 109 cm³/mol. The molecule has 6 nitrogen and oxygen atoms in total. The third kappa shape index (κ3) is 2.69. The Kier molecular flexibility index (Phi) is 4.29. The molecular formula is C21H23N5OS. The summed E-state index contributed by atoms with van der Waals surface area (Å²) in [6, 6.07) is 10.5. The van der Waals surface area contributed by atoms with E-state index in [1.54, 1.807) is 5.51 Å². The number of piperidine rings is 1. The van der Waals surface area contributed by atoms with Gasteiger partial charge in [-0.2, -0.15) is 0 Å². The first-order valence-electron chi connectivity index (χ1n) is 9.69. The summed E-state index contributed by atoms with van der Waals surface area (Å²) in [6.45, 7) is 3.39. The molecule has 144 valence electrons. The van der Waals surface area contributed by atoms with Crippen LogP contribution in [0.5, 0.6) is 0 Å². The molecular weight excluding hydrogens is 370 g/mol. The number of likely N-dealkylation sites (tertiary alicyclic amines) is 1. The van der Waals surface area contributed by atoms with Crippen molar-refractivity contribution in [3.8, 4) is 11.3 Å². The first-order valence-corrected chi connectivity index (χ1v) is 10.6. The Morgan fingerprint density at radius 2 is 1.86 bits per heavy atom. The molecule has 0 atom stereocenters. The topological polar surface area (TPSA) is 54.3 Å². The molecule has 1 fully saturated rings. The number of aromatic nitrogens is 3. The van der Waals surface area contributed by atoms with Gasteiger partial charge in [0, 0.05) is 31.6 Å². The Hall–Kier alpha value is -2.51. The molecule has 0 N–H and O–H groups in total. The Morgan fingerprint density at radius 3 is 2.57 bits per heavy atom. The number of carbonyl (C=O) groups is 1. The lowest BCUT2D eigenvalue weighted by Crippen LogP contribution is -2.57. The average molecular weight is 394 g/mol. The fourth-order valence-electron chi connectivity index (χ4n) is 4.61. The molecule has 7 heteroatoms. The van der Waals surface area contributed by atoms with Crippen molar-refractivity contribution < 1.29 is 4.79 Å². The quantitative estimate of drug-likeness (QED) is 0.671. The predicted octanol–water partition coefficient (Wildman–Crippen LogP) is 3.08. The van der Waals surface area contributed by atoms with Gasteiger partial charge in [0.05, 0.1) is 22.9 Å². The molecule has 0 saturated carbocycles. The minimum absolute atomic E-state index is 0.0443. The van der Waals surface area contributed by atoms with Crippen molar-refractivity contribution in [3.05, 3.63) is 58.9 Å². The smallest absolute Gasteiger partial charge is 0.273 e. The number of hydrogen-bond donors (Lipinski definition) is 0. The summed E-state index contributed by atoms with van der Waals surface area (Å²) in [6.07, 6.45) is 3.80. The fourth-order valence-corrected chi connectivity index (χ4v) is 5.14. The van der Waals surface area contributed by atoms with E-state index < -0.39 is 0 Å². The van der Waals surface area contributed by atoms with E-state index in [1.807, 2.05) is 22.5 Å². The molecule has 0 radical (unpaired) electrons. The van der Waals surface area contributed by atoms with Gasteiger partial charge in [0.25, 0.3) is 5.91 Å². The van der Waals surface area contributed by atoms with Gasteiger partial charge in [0.15, 0.2) is 0 Å². The Bertz CT molecular complexity index is 974. The molecule has 3 aromatic rings. The van der Waals surface area contributed by atoms with Gasteiger partial charge in [-0.3, -0.25) is 9.69 Å². The normalized spacial score (nSPS) is 19.0. The SMILES string of the molecule is CN1CCn2c(-c3ccccc3)cnc2C12CCN(C(=O)c1cscn1)CC2. The average Bonchev–Trinajstić information content (AvgIpc) is 3.42. The van der Waals surface area contributed by atoms with Gasteiger partial charge < -0.3 is 9.47 Å². The Balaban J connectivity index is 1.44. The maximum atomic E-state index is 12.7. The Morgan fingerprint density at radius 1 is 1.07 bits per heavy atom. The third-order valence-corrected chi connectivity index (χ3v) is 6.85. The van der Waals surface area contributed by atoms with Gasteiger partial charge in [-0.15, -0.1) is 11.3 Å². The summed E-state index contributed by atoms with van der Waals surface area (Å²) in [5.41, 5.74) is 4.56. The van der Waals surface area contributed by atoms with E-state index in [9.17, 15) is 4.79 Å². The van der Waals surface area contributed by atoms with E-state index in [0.29, 0.717) is 5.69 Å². The molecule has 1 amide bonds. The summed E-state index contributed by atoms with van der Waals surface area (Å²) in [5, 5.41) is 1.83. The van der Waals surface area contributed by atoms with Crippen LogP contribution in [0.3, 0.4) is 0 Å². The molecule has 5 rings (SSSR count). The van der Waals surface area contributed by atoms with Crippen molar-refractivity contribution in [3.63, 3.8) is 0 Å². The number of likely N-dealkylation sites (N-methyl/N-ethyl adjacent to an activating group) is 1. The second-order valence-electron chi connectivity index (χ2n) is 7.60. The van der Waals surface area contributed by atoms with E-state index in [0.717, 1.165) is 44.8 Å². The van der Waals surface area contributed by atoms with Crippen molar-refractivity contribution in [2.45, 2.75) is 24.9 Å². The van der Waals surface area contributed by atoms with E-state index >= 15 is 0 Å². The molecule has 0 bridgehead atoms. The molecule has 2 aromatic heterocycles. The molecule has 1 saturated heterocycles. The zero-order valence-electron chi connectivity index (χ0n) is 15.9. The molecule has 1 aromatic carbocycles. The third-order valence-electron chi connectivity index (χ3n) is 6.26. The van der Waals surface area contributed by atoms with Crippen molar-refractivity contribution in [2.75, 3.05) is 26.7 Å². The van der Waals surface area contributed by atoms with E-state index in [4.69, 9.17) is 4.98 Å². The lowest BCUT2D eigenvalue weighted by Gasteiger charge is -2.49. The van der Waals surface area contributed by atoms with Crippen LogP contribution >= 0.6 is 11.3 Å². The van der Waals surface area contributed by atoms with Crippen molar-refractivity contribution in [2.24, 2.45) is 0 Å². The van der Waals surface area contributed by atoms with Crippen LogP contribution < -0.4 is 0 Å². The lowest BCUT2D eigenvalue weighted by atomic mass is 9.83. The highest BCUT2D eigenvalue weighted by molar-refractivity contribution is 7.07. The number of rotatable bonds is 2. The lowest BCUT2D eigenvalue weighted by molar-refractivity contribution is 0.00994. The van der Waals surface area contributed by atoms with Crippen LogP contribution in [0, 0.1) is 0 Å². The number of nitrogens with zero attached hydrogens (tertiary/aromatic N) is 5. The molecule has 0 aliphatic carbocycles. The summed E-state index contributed by atoms with van der Waals surface area (Å²) in [7, 11) is 2.19. The maximum Gasteiger partial charge on any atom is 0.273 e. The zero-order valence-corrected chi connectivity index (χ0v) is 16.7. The van der Waals surface area contributed by atoms with Crippen LogP contribution in [0.15, 0.2) is 47.4 Å². The zero-order chi connectivity index (χ0) is 19.1. The first kappa shape index (κ1) is 17.6. The van der Waals surface area contributed by atoms with Gasteiger partial charge in [0.2, 0.25) is 0 Å². The van der Waals surface area contributed by atoms with Crippen LogP contribution in [0.25, 0.3) is 11.3 Å². The number of hydrogen-bond acceptors (Lipinski definition) is 5. The number of amides is 1. The number of benzene rings is 1. The first-order chi connectivity index (χ1) is 13.7. The van der Waals surface area contributed by atoms with Gasteiger partial charge in [0.1, 0.15) is 11.5 Å². The van der Waals surface area contributed by atoms with Gasteiger partial charge in [-0.25, -0.2) is 9.97 Å². The molecule has 0 unspecified atom stereocenters. The standard InChI is InChI=1S/C21H23N5OS/c1-24-11-12-26-18(16-5-3-2-4-6-16)13-22-20(26)21(24)7-9-25(10-8-21)19(27)17-14-28-15-23-17/h2-6,13-15H,7-12H2,1H3. The maximum absolute atomic E-state index is 12.7. The van der Waals surface area contributed by atoms with Gasteiger partial charge >= 0.3 is 0 Å². The number of thiazole rings is 1. The van der Waals surface area contributed by atoms with Crippen molar-refractivity contribution in [1.82, 2.24) is 24.3 Å². The molecule has 4 heterocycles. The van der Waals surface area contributed by atoms with Crippen molar-refractivity contribution in [1.29, 1.82) is 0 Å². The summed E-state index contributed by atoms with van der Waals surface area (Å²) in [5.74, 6) is 1.18. The second-order valence-corrected chi connectivity index (χ2v) is 8.32. The minimum Gasteiger partial charge on any atom is -0.337 e. The van der Waals surface area contributed by atoms with E-state index in [-0.39, 0.29) is 11.4 Å². The summed E-state index contributed by atoms with van der Waals surface area (Å²) in [4.78, 5) is 26.1. The summed E-state index contributed by atoms with van der Waals surface area (Å²) >= 11 is 1.47. The van der Waals surface area contributed by atoms with Crippen LogP contribution in [-0.4, -0.2) is 56.9 Å². The van der Waals surface area contributed by atoms with Gasteiger partial charge in [-0.05, 0) is 25.5 Å². The molecule has 1 spiro atoms. The van der Waals surface area contributed by atoms with Crippen LogP contribution in [0.2, 0.25) is 0 Å². The van der Waals surface area contributed by atoms with Gasteiger partial charge in [-0.1, -0.05) is 30.3 Å². The van der Waals surface area contributed by atoms with E-state index in [2.05, 4.69) is 45.8 Å². The highest BCUT2D eigenvalue weighted by Crippen LogP contribution is 2.41. The second kappa shape index (κ2) is 6.83. The number of imidazole rings is 1. The number of fused-ring (bicyclic) bond motifs is 2. The van der Waals surface area contributed by atoms with Crippen molar-refractivity contribution >= 4 is 17.2 Å². The van der Waals surface area contributed by atoms with Crippen LogP contribution in [-0.2, 0) is 12.1 Å². The highest BCUT2D eigenvalue weighted by Gasteiger charge is 2.46. The summed E-state index contributed by atoms with van der Waals surface area (Å²) < 4.78 is 2.38. The highest BCUT2D eigenvalue weighted by atomic mass is 32.1. The fraction of sp³-hybridized carbons (Fsp3) is 0.381. The minimum atomic E-state index is -0.107. The molecule has 2 aliphatic rings. The molecule has 28 heavy (non-hydrogen) atoms. The van der Waals surface area contributed by atoms with Crippen LogP contribution in [0.1, 0.15) is 29.2 Å².